The first-order valence-corrected chi connectivity index (χ1v) is 18.6. The highest BCUT2D eigenvalue weighted by Crippen LogP contribution is 2.35. The third kappa shape index (κ3) is 12.1. The van der Waals surface area contributed by atoms with Gasteiger partial charge in [-0.15, -0.1) is 0 Å². The van der Waals surface area contributed by atoms with Crippen LogP contribution in [0.2, 0.25) is 0 Å². The molecule has 1 aliphatic heterocycles. The Balaban J connectivity index is 1.07. The number of esters is 1. The molecule has 0 spiro atoms. The van der Waals surface area contributed by atoms with E-state index < -0.39 is 5.54 Å². The third-order valence-corrected chi connectivity index (χ3v) is 9.28. The maximum Gasteiger partial charge on any atom is 0.332 e. The fourth-order valence-corrected chi connectivity index (χ4v) is 6.21. The smallest absolute Gasteiger partial charge is 0.332 e. The van der Waals surface area contributed by atoms with Crippen LogP contribution in [0.3, 0.4) is 0 Å². The number of nitrogens with one attached hydrogen (secondary N) is 3. The molecular weight excluding hydrogens is 674 g/mol. The molecule has 3 N–H and O–H groups in total. The van der Waals surface area contributed by atoms with E-state index in [0.717, 1.165) is 80.0 Å². The summed E-state index contributed by atoms with van der Waals surface area (Å²) in [5.41, 5.74) is 2.82. The summed E-state index contributed by atoms with van der Waals surface area (Å²) < 4.78 is 21.6. The van der Waals surface area contributed by atoms with Gasteiger partial charge >= 0.3 is 5.97 Å². The fourth-order valence-electron chi connectivity index (χ4n) is 6.21. The number of carbonyl (C=O) groups excluding carboxylic acids is 2. The number of carbonyl (C=O) groups is 2. The molecule has 13 nitrogen and oxygen atoms in total. The number of hydrogen-bond acceptors (Lipinski definition) is 11. The Morgan fingerprint density at radius 3 is 2.47 bits per heavy atom. The number of aromatic amines is 1. The first kappa shape index (κ1) is 39.4. The second-order valence-electron chi connectivity index (χ2n) is 13.3. The molecule has 4 aromatic rings. The van der Waals surface area contributed by atoms with Crippen molar-refractivity contribution in [3.63, 3.8) is 0 Å². The Morgan fingerprint density at radius 1 is 0.925 bits per heavy atom. The van der Waals surface area contributed by atoms with Gasteiger partial charge < -0.3 is 34.5 Å². The van der Waals surface area contributed by atoms with Crippen molar-refractivity contribution in [2.45, 2.75) is 64.0 Å². The van der Waals surface area contributed by atoms with E-state index in [2.05, 4.69) is 37.8 Å². The van der Waals surface area contributed by atoms with Gasteiger partial charge in [-0.3, -0.25) is 14.9 Å². The van der Waals surface area contributed by atoms with Crippen LogP contribution < -0.4 is 15.4 Å². The van der Waals surface area contributed by atoms with Gasteiger partial charge in [0.25, 0.3) is 5.91 Å². The Labute approximate surface area is 312 Å². The molecule has 1 atom stereocenters. The van der Waals surface area contributed by atoms with Gasteiger partial charge in [0.1, 0.15) is 12.4 Å². The zero-order chi connectivity index (χ0) is 37.3. The summed E-state index contributed by atoms with van der Waals surface area (Å²) in [6.45, 7) is 7.96. The van der Waals surface area contributed by atoms with Gasteiger partial charge in [0.15, 0.2) is 11.6 Å². The second-order valence-corrected chi connectivity index (χ2v) is 13.3. The molecule has 5 rings (SSSR count). The van der Waals surface area contributed by atoms with E-state index in [-0.39, 0.29) is 24.5 Å². The second kappa shape index (κ2) is 20.4. The molecule has 0 bridgehead atoms. The topological polar surface area (TPSA) is 153 Å². The van der Waals surface area contributed by atoms with E-state index >= 15 is 0 Å². The van der Waals surface area contributed by atoms with Crippen molar-refractivity contribution in [2.75, 3.05) is 65.1 Å². The average molecular weight is 728 g/mol. The number of rotatable bonds is 21. The van der Waals surface area contributed by atoms with Crippen LogP contribution in [-0.2, 0) is 24.5 Å². The van der Waals surface area contributed by atoms with E-state index in [4.69, 9.17) is 23.9 Å². The summed E-state index contributed by atoms with van der Waals surface area (Å²) in [5, 5.41) is 14.6. The number of pyridine rings is 1. The minimum Gasteiger partial charge on any atom is -0.494 e. The van der Waals surface area contributed by atoms with Crippen LogP contribution in [0.25, 0.3) is 11.4 Å². The number of aromatic nitrogens is 4. The number of nitrogens with zero attached hydrogens (tertiary/aromatic N) is 4. The van der Waals surface area contributed by atoms with Crippen molar-refractivity contribution in [1.29, 1.82) is 0 Å². The van der Waals surface area contributed by atoms with Gasteiger partial charge in [-0.05, 0) is 101 Å². The fraction of sp³-hybridized carbons (Fsp3) is 0.475. The standard InChI is InChI=1S/C40H53N7O6/c1-4-52-36(48)29-51-26-25-50-23-7-5-6-8-24-53-35-14-10-11-32(28-35)30(2)42-38(49)33-12-9-13-34(27-33)44-40(17-21-47(3)22-18-40)39-43-37(45-46-39)31-15-19-41-20-16-31/h9-16,19-20,27-28,30,44H,4-8,17-18,21-26,29H2,1-3H3,(H,42,49)(H,43,45,46)/t30-/m1/s1. The van der Waals surface area contributed by atoms with Gasteiger partial charge in [0.05, 0.1) is 38.0 Å². The summed E-state index contributed by atoms with van der Waals surface area (Å²) in [5.74, 6) is 1.68. The zero-order valence-corrected chi connectivity index (χ0v) is 31.1. The lowest BCUT2D eigenvalue weighted by atomic mass is 9.86. The monoisotopic (exact) mass is 727 g/mol. The number of piperidine rings is 1. The quantitative estimate of drug-likeness (QED) is 0.0692. The number of benzene rings is 2. The molecule has 1 aliphatic rings. The van der Waals surface area contributed by atoms with Crippen molar-refractivity contribution >= 4 is 17.6 Å². The Bertz CT molecular complexity index is 1710. The number of hydrogen-bond donors (Lipinski definition) is 3. The lowest BCUT2D eigenvalue weighted by molar-refractivity contribution is -0.148. The maximum atomic E-state index is 13.5. The SMILES string of the molecule is CCOC(=O)COCCOCCCCCCOc1cccc([C@@H](C)NC(=O)c2cccc(NC3(c4nc(-c5ccncc5)n[nH]4)CCN(C)CC3)c2)c1. The van der Waals surface area contributed by atoms with E-state index in [0.29, 0.717) is 44.4 Å². The average Bonchev–Trinajstić information content (AvgIpc) is 3.68. The summed E-state index contributed by atoms with van der Waals surface area (Å²) >= 11 is 0. The molecule has 284 valence electrons. The van der Waals surface area contributed by atoms with E-state index in [1.807, 2.05) is 67.6 Å². The van der Waals surface area contributed by atoms with Crippen molar-refractivity contribution in [2.24, 2.45) is 0 Å². The van der Waals surface area contributed by atoms with Crippen LogP contribution in [0.5, 0.6) is 5.75 Å². The van der Waals surface area contributed by atoms with Gasteiger partial charge in [-0.2, -0.15) is 5.10 Å². The molecular formula is C40H53N7O6. The van der Waals surface area contributed by atoms with Gasteiger partial charge in [-0.1, -0.05) is 24.6 Å². The van der Waals surface area contributed by atoms with Gasteiger partial charge in [0, 0.05) is 48.9 Å². The van der Waals surface area contributed by atoms with Crippen LogP contribution in [0, 0.1) is 0 Å². The zero-order valence-electron chi connectivity index (χ0n) is 31.1. The van der Waals surface area contributed by atoms with Crippen molar-refractivity contribution < 1.29 is 28.5 Å². The minimum absolute atomic E-state index is 0.0398. The van der Waals surface area contributed by atoms with Crippen molar-refractivity contribution in [3.8, 4) is 17.1 Å². The molecule has 1 fully saturated rings. The first-order valence-electron chi connectivity index (χ1n) is 18.6. The highest BCUT2D eigenvalue weighted by molar-refractivity contribution is 5.95. The van der Waals surface area contributed by atoms with Gasteiger partial charge in [0.2, 0.25) is 0 Å². The lowest BCUT2D eigenvalue weighted by Gasteiger charge is -2.40. The molecule has 53 heavy (non-hydrogen) atoms. The molecule has 0 saturated carbocycles. The largest absolute Gasteiger partial charge is 0.494 e. The highest BCUT2D eigenvalue weighted by atomic mass is 16.6. The minimum atomic E-state index is -0.466. The van der Waals surface area contributed by atoms with E-state index in [1.54, 1.807) is 19.3 Å². The van der Waals surface area contributed by atoms with E-state index in [1.165, 1.54) is 0 Å². The molecule has 1 saturated heterocycles. The number of anilines is 1. The van der Waals surface area contributed by atoms with Crippen LogP contribution in [0.4, 0.5) is 5.69 Å². The number of ether oxygens (including phenoxy) is 4. The normalized spacial score (nSPS) is 14.7. The number of amides is 1. The predicted octanol–water partition coefficient (Wildman–Crippen LogP) is 5.93. The molecule has 3 heterocycles. The molecule has 2 aromatic heterocycles. The van der Waals surface area contributed by atoms with E-state index in [9.17, 15) is 9.59 Å². The number of likely N-dealkylation sites (tertiary alicyclic amines) is 1. The number of H-pyrrole nitrogens is 1. The predicted molar refractivity (Wildman–Crippen MR) is 203 cm³/mol. The number of unbranched alkanes of at least 4 members (excludes halogenated alkanes) is 3. The third-order valence-electron chi connectivity index (χ3n) is 9.28. The molecule has 0 unspecified atom stereocenters. The lowest BCUT2D eigenvalue weighted by Crippen LogP contribution is -2.46. The molecule has 1 amide bonds. The van der Waals surface area contributed by atoms with Crippen LogP contribution >= 0.6 is 0 Å². The highest BCUT2D eigenvalue weighted by Gasteiger charge is 2.39. The van der Waals surface area contributed by atoms with Crippen molar-refractivity contribution in [3.05, 3.63) is 90.0 Å². The van der Waals surface area contributed by atoms with Crippen LogP contribution in [0.1, 0.15) is 80.2 Å². The first-order chi connectivity index (χ1) is 25.8. The maximum absolute atomic E-state index is 13.5. The van der Waals surface area contributed by atoms with Crippen molar-refractivity contribution in [1.82, 2.24) is 30.4 Å². The molecule has 0 radical (unpaired) electrons. The molecule has 13 heteroatoms. The summed E-state index contributed by atoms with van der Waals surface area (Å²) in [6.07, 6.45) is 9.09. The Hall–Kier alpha value is -4.85. The van der Waals surface area contributed by atoms with Crippen LogP contribution in [0.15, 0.2) is 73.1 Å². The Morgan fingerprint density at radius 2 is 1.68 bits per heavy atom. The molecule has 0 aliphatic carbocycles. The molecule has 2 aromatic carbocycles. The summed E-state index contributed by atoms with van der Waals surface area (Å²) in [7, 11) is 2.12. The summed E-state index contributed by atoms with van der Waals surface area (Å²) in [4.78, 5) is 36.1. The van der Waals surface area contributed by atoms with Gasteiger partial charge in [-0.25, -0.2) is 9.78 Å². The summed E-state index contributed by atoms with van der Waals surface area (Å²) in [6, 6.07) is 19.1. The Kier molecular flexibility index (Phi) is 15.2. The van der Waals surface area contributed by atoms with Crippen LogP contribution in [-0.4, -0.2) is 96.7 Å².